The summed E-state index contributed by atoms with van der Waals surface area (Å²) in [6, 6.07) is 6.72. The molecule has 2 saturated heterocycles. The van der Waals surface area contributed by atoms with Crippen LogP contribution >= 0.6 is 21.6 Å². The Hall–Kier alpha value is -0.890. The molecule has 0 unspecified atom stereocenters. The van der Waals surface area contributed by atoms with E-state index in [2.05, 4.69) is 9.80 Å². The van der Waals surface area contributed by atoms with Gasteiger partial charge in [0.1, 0.15) is 5.75 Å². The molecule has 2 heterocycles. The van der Waals surface area contributed by atoms with E-state index in [1.54, 1.807) is 24.3 Å². The second-order valence-electron chi connectivity index (χ2n) is 8.68. The summed E-state index contributed by atoms with van der Waals surface area (Å²) in [6.07, 6.45) is 7.85. The van der Waals surface area contributed by atoms with E-state index < -0.39 is 0 Å². The number of nitrogens with zero attached hydrogens (tertiary/aromatic N) is 2. The van der Waals surface area contributed by atoms with Crippen molar-refractivity contribution < 1.29 is 14.6 Å². The van der Waals surface area contributed by atoms with Gasteiger partial charge in [0, 0.05) is 24.6 Å². The van der Waals surface area contributed by atoms with Crippen LogP contribution in [0.2, 0.25) is 0 Å². The highest BCUT2D eigenvalue weighted by Crippen LogP contribution is 2.24. The Morgan fingerprint density at radius 3 is 2.19 bits per heavy atom. The average molecular weight is 467 g/mol. The molecule has 1 aromatic rings. The summed E-state index contributed by atoms with van der Waals surface area (Å²) >= 11 is 0. The fourth-order valence-corrected chi connectivity index (χ4v) is 6.36. The Bertz CT molecular complexity index is 630. The van der Waals surface area contributed by atoms with Crippen molar-refractivity contribution in [2.75, 3.05) is 57.4 Å². The maximum Gasteiger partial charge on any atom is 0.310 e. The number of phenols is 1. The molecule has 2 aliphatic rings. The van der Waals surface area contributed by atoms with Gasteiger partial charge in [-0.3, -0.25) is 4.79 Å². The van der Waals surface area contributed by atoms with Crippen molar-refractivity contribution >= 4 is 27.6 Å². The van der Waals surface area contributed by atoms with Crippen molar-refractivity contribution in [3.05, 3.63) is 29.8 Å². The van der Waals surface area contributed by atoms with E-state index >= 15 is 0 Å². The van der Waals surface area contributed by atoms with Crippen LogP contribution in [-0.4, -0.2) is 78.3 Å². The summed E-state index contributed by atoms with van der Waals surface area (Å²) in [5.74, 6) is 3.17. The molecule has 0 atom stereocenters. The molecule has 31 heavy (non-hydrogen) atoms. The summed E-state index contributed by atoms with van der Waals surface area (Å²) in [5, 5.41) is 9.30. The Kier molecular flexibility index (Phi) is 11.4. The van der Waals surface area contributed by atoms with Gasteiger partial charge >= 0.3 is 5.97 Å². The predicted octanol–water partition coefficient (Wildman–Crippen LogP) is 4.45. The Morgan fingerprint density at radius 1 is 0.935 bits per heavy atom. The number of carbonyl (C=O) groups is 1. The number of esters is 1. The van der Waals surface area contributed by atoms with E-state index in [-0.39, 0.29) is 18.1 Å². The van der Waals surface area contributed by atoms with E-state index in [9.17, 15) is 9.90 Å². The minimum Gasteiger partial charge on any atom is -0.508 e. The number of phenolic OH excluding ortho intramolecular Hbond substituents is 1. The number of piperidine rings is 2. The van der Waals surface area contributed by atoms with Crippen LogP contribution in [0.3, 0.4) is 0 Å². The zero-order chi connectivity index (χ0) is 21.7. The fourth-order valence-electron chi connectivity index (χ4n) is 4.30. The second kappa shape index (κ2) is 14.3. The van der Waals surface area contributed by atoms with Crippen molar-refractivity contribution in [1.29, 1.82) is 0 Å². The number of likely N-dealkylation sites (tertiary alicyclic amines) is 2. The quantitative estimate of drug-likeness (QED) is 0.277. The summed E-state index contributed by atoms with van der Waals surface area (Å²) in [7, 11) is 4.07. The first-order valence-corrected chi connectivity index (χ1v) is 14.3. The van der Waals surface area contributed by atoms with Gasteiger partial charge in [0.25, 0.3) is 0 Å². The highest BCUT2D eigenvalue weighted by atomic mass is 33.1. The lowest BCUT2D eigenvalue weighted by atomic mass is 9.94. The van der Waals surface area contributed by atoms with E-state index in [4.69, 9.17) is 4.74 Å². The molecule has 7 heteroatoms. The summed E-state index contributed by atoms with van der Waals surface area (Å²) in [5.41, 5.74) is 0.874. The van der Waals surface area contributed by atoms with Crippen molar-refractivity contribution in [1.82, 2.24) is 9.80 Å². The first-order valence-electron chi connectivity index (χ1n) is 11.8. The predicted molar refractivity (Wildman–Crippen MR) is 132 cm³/mol. The van der Waals surface area contributed by atoms with E-state index in [0.717, 1.165) is 12.0 Å². The Labute approximate surface area is 195 Å². The highest BCUT2D eigenvalue weighted by molar-refractivity contribution is 8.76. The lowest BCUT2D eigenvalue weighted by molar-refractivity contribution is -0.143. The fraction of sp³-hybridized carbons (Fsp3) is 0.708. The largest absolute Gasteiger partial charge is 0.508 e. The van der Waals surface area contributed by atoms with E-state index in [0.29, 0.717) is 12.5 Å². The molecule has 3 rings (SSSR count). The Balaban J connectivity index is 1.15. The van der Waals surface area contributed by atoms with Gasteiger partial charge < -0.3 is 19.6 Å². The number of ether oxygens (including phenoxy) is 1. The number of hydrogen-bond acceptors (Lipinski definition) is 7. The molecule has 174 valence electrons. The topological polar surface area (TPSA) is 53.0 Å². The SMILES string of the molecule is O=C(Cc1ccc(O)cc1)OCCC1CCN(CCSSCCN2CCCCC2)CC1. The molecule has 0 aromatic heterocycles. The zero-order valence-electron chi connectivity index (χ0n) is 18.7. The lowest BCUT2D eigenvalue weighted by Gasteiger charge is -2.31. The number of aromatic hydroxyl groups is 1. The minimum absolute atomic E-state index is 0.182. The van der Waals surface area contributed by atoms with Crippen molar-refractivity contribution in [3.63, 3.8) is 0 Å². The average Bonchev–Trinajstić information content (AvgIpc) is 2.79. The molecule has 0 bridgehead atoms. The monoisotopic (exact) mass is 466 g/mol. The summed E-state index contributed by atoms with van der Waals surface area (Å²) in [6.45, 7) is 7.91. The van der Waals surface area contributed by atoms with Crippen molar-refractivity contribution in [3.8, 4) is 5.75 Å². The normalized spacial score (nSPS) is 18.8. The van der Waals surface area contributed by atoms with Crippen molar-refractivity contribution in [2.24, 2.45) is 5.92 Å². The molecule has 1 N–H and O–H groups in total. The van der Waals surface area contributed by atoms with Crippen LogP contribution in [0.25, 0.3) is 0 Å². The van der Waals surface area contributed by atoms with Crippen molar-refractivity contribution in [2.45, 2.75) is 44.9 Å². The molecule has 0 saturated carbocycles. The molecule has 1 aromatic carbocycles. The first kappa shape index (κ1) is 24.7. The number of rotatable bonds is 12. The Morgan fingerprint density at radius 2 is 1.55 bits per heavy atom. The van der Waals surface area contributed by atoms with E-state index in [1.165, 1.54) is 82.9 Å². The van der Waals surface area contributed by atoms with Gasteiger partial charge in [0.05, 0.1) is 13.0 Å². The molecule has 0 radical (unpaired) electrons. The lowest BCUT2D eigenvalue weighted by Crippen LogP contribution is -2.35. The van der Waals surface area contributed by atoms with Crippen LogP contribution in [0.5, 0.6) is 5.75 Å². The van der Waals surface area contributed by atoms with Crippen LogP contribution in [0, 0.1) is 5.92 Å². The van der Waals surface area contributed by atoms with Crippen LogP contribution in [0.4, 0.5) is 0 Å². The van der Waals surface area contributed by atoms with Gasteiger partial charge in [0.2, 0.25) is 0 Å². The molecular weight excluding hydrogens is 428 g/mol. The number of hydrogen-bond donors (Lipinski definition) is 1. The summed E-state index contributed by atoms with van der Waals surface area (Å²) in [4.78, 5) is 17.2. The van der Waals surface area contributed by atoms with Crippen LogP contribution in [0.15, 0.2) is 24.3 Å². The van der Waals surface area contributed by atoms with E-state index in [1.807, 2.05) is 21.6 Å². The van der Waals surface area contributed by atoms with Gasteiger partial charge in [-0.25, -0.2) is 0 Å². The van der Waals surface area contributed by atoms with Crippen LogP contribution < -0.4 is 0 Å². The molecule has 0 aliphatic carbocycles. The van der Waals surface area contributed by atoms with Gasteiger partial charge in [-0.05, 0) is 81.9 Å². The molecule has 0 spiro atoms. The molecule has 0 amide bonds. The molecule has 2 fully saturated rings. The summed E-state index contributed by atoms with van der Waals surface area (Å²) < 4.78 is 5.43. The molecule has 5 nitrogen and oxygen atoms in total. The van der Waals surface area contributed by atoms with Gasteiger partial charge in [-0.15, -0.1) is 0 Å². The maximum atomic E-state index is 12.0. The third-order valence-electron chi connectivity index (χ3n) is 6.29. The van der Waals surface area contributed by atoms with Gasteiger partial charge in [-0.1, -0.05) is 40.1 Å². The standard InChI is InChI=1S/C24H38N2O3S2/c27-23-6-4-22(5-7-23)20-24(28)29-17-10-21-8-13-26(14-9-21)16-19-31-30-18-15-25-11-2-1-3-12-25/h4-7,21,27H,1-3,8-20H2. The number of benzene rings is 1. The maximum absolute atomic E-state index is 12.0. The molecule has 2 aliphatic heterocycles. The minimum atomic E-state index is -0.182. The zero-order valence-corrected chi connectivity index (χ0v) is 20.3. The third kappa shape index (κ3) is 10.1. The molecular formula is C24H38N2O3S2. The number of carbonyl (C=O) groups excluding carboxylic acids is 1. The van der Waals surface area contributed by atoms with Gasteiger partial charge in [0.15, 0.2) is 0 Å². The van der Waals surface area contributed by atoms with Crippen LogP contribution in [0.1, 0.15) is 44.1 Å². The second-order valence-corrected chi connectivity index (χ2v) is 11.4. The first-order chi connectivity index (χ1) is 15.2. The van der Waals surface area contributed by atoms with Crippen LogP contribution in [-0.2, 0) is 16.0 Å². The smallest absolute Gasteiger partial charge is 0.310 e. The van der Waals surface area contributed by atoms with Gasteiger partial charge in [-0.2, -0.15) is 0 Å². The highest BCUT2D eigenvalue weighted by Gasteiger charge is 2.19. The third-order valence-corrected chi connectivity index (χ3v) is 8.66.